The van der Waals surface area contributed by atoms with Crippen molar-refractivity contribution >= 4 is 49.9 Å². The molecule has 0 saturated carbocycles. The van der Waals surface area contributed by atoms with E-state index in [-0.39, 0.29) is 18.2 Å². The van der Waals surface area contributed by atoms with Gasteiger partial charge in [0.2, 0.25) is 15.9 Å². The standard InChI is InChI=1S/C25H26Cl2N2O4S/c26-22-9-7-21(24(27)15-22)17-34(31,32)29-12-3-6-20(16-29)25(30)28-11-13-33-23-10-8-18-4-1-2-5-19(18)14-23/h1-2,4-5,7-10,14-15,20H,3,6,11-13,16-17H2,(H,28,30)/t20-/m0/s1. The smallest absolute Gasteiger partial charge is 0.224 e. The summed E-state index contributed by atoms with van der Waals surface area (Å²) < 4.78 is 33.1. The van der Waals surface area contributed by atoms with Crippen LogP contribution in [0.1, 0.15) is 18.4 Å². The number of hydrogen-bond acceptors (Lipinski definition) is 4. The molecule has 1 heterocycles. The van der Waals surface area contributed by atoms with Gasteiger partial charge in [-0.25, -0.2) is 12.7 Å². The number of halogens is 2. The van der Waals surface area contributed by atoms with Crippen molar-refractivity contribution in [2.75, 3.05) is 26.2 Å². The van der Waals surface area contributed by atoms with Crippen LogP contribution in [0.2, 0.25) is 10.0 Å². The number of benzene rings is 3. The number of ether oxygens (including phenoxy) is 1. The van der Waals surface area contributed by atoms with E-state index in [4.69, 9.17) is 27.9 Å². The molecule has 180 valence electrons. The highest BCUT2D eigenvalue weighted by atomic mass is 35.5. The predicted octanol–water partition coefficient (Wildman–Crippen LogP) is 4.88. The first-order valence-corrected chi connectivity index (χ1v) is 13.5. The van der Waals surface area contributed by atoms with Gasteiger partial charge in [-0.3, -0.25) is 4.79 Å². The van der Waals surface area contributed by atoms with Crippen LogP contribution in [-0.4, -0.2) is 44.9 Å². The summed E-state index contributed by atoms with van der Waals surface area (Å²) in [6.45, 7) is 1.22. The molecule has 1 amide bonds. The molecule has 1 saturated heterocycles. The molecule has 9 heteroatoms. The van der Waals surface area contributed by atoms with Gasteiger partial charge in [0, 0.05) is 23.1 Å². The monoisotopic (exact) mass is 520 g/mol. The Morgan fingerprint density at radius 3 is 2.65 bits per heavy atom. The third-order valence-corrected chi connectivity index (χ3v) is 8.27. The van der Waals surface area contributed by atoms with Crippen molar-refractivity contribution in [2.24, 2.45) is 5.92 Å². The van der Waals surface area contributed by atoms with Gasteiger partial charge in [-0.15, -0.1) is 0 Å². The van der Waals surface area contributed by atoms with Gasteiger partial charge in [-0.1, -0.05) is 59.6 Å². The maximum Gasteiger partial charge on any atom is 0.224 e. The SMILES string of the molecule is O=C(NCCOc1ccc2ccccc2c1)[C@H]1CCCN(S(=O)(=O)Cc2ccc(Cl)cc2Cl)C1. The van der Waals surface area contributed by atoms with E-state index in [1.165, 1.54) is 10.4 Å². The topological polar surface area (TPSA) is 75.7 Å². The van der Waals surface area contributed by atoms with Crippen LogP contribution < -0.4 is 10.1 Å². The molecule has 0 radical (unpaired) electrons. The minimum Gasteiger partial charge on any atom is -0.492 e. The Hall–Kier alpha value is -2.32. The third kappa shape index (κ3) is 6.21. The molecule has 0 aliphatic carbocycles. The molecule has 0 aromatic heterocycles. The lowest BCUT2D eigenvalue weighted by Gasteiger charge is -2.31. The summed E-state index contributed by atoms with van der Waals surface area (Å²) in [4.78, 5) is 12.7. The molecule has 0 bridgehead atoms. The first kappa shape index (κ1) is 24.8. The van der Waals surface area contributed by atoms with Gasteiger partial charge in [0.05, 0.1) is 18.2 Å². The summed E-state index contributed by atoms with van der Waals surface area (Å²) in [6, 6.07) is 18.7. The van der Waals surface area contributed by atoms with Crippen molar-refractivity contribution in [1.82, 2.24) is 9.62 Å². The summed E-state index contributed by atoms with van der Waals surface area (Å²) in [5, 5.41) is 5.87. The molecule has 0 spiro atoms. The summed E-state index contributed by atoms with van der Waals surface area (Å²) >= 11 is 12.1. The van der Waals surface area contributed by atoms with E-state index in [1.54, 1.807) is 12.1 Å². The zero-order valence-electron chi connectivity index (χ0n) is 18.5. The summed E-state index contributed by atoms with van der Waals surface area (Å²) in [6.07, 6.45) is 1.27. The highest BCUT2D eigenvalue weighted by Crippen LogP contribution is 2.26. The molecule has 6 nitrogen and oxygen atoms in total. The first-order chi connectivity index (χ1) is 16.3. The lowest BCUT2D eigenvalue weighted by Crippen LogP contribution is -2.46. The second kappa shape index (κ2) is 11.0. The second-order valence-electron chi connectivity index (χ2n) is 8.34. The lowest BCUT2D eigenvalue weighted by molar-refractivity contribution is -0.126. The molecule has 0 unspecified atom stereocenters. The van der Waals surface area contributed by atoms with Gasteiger partial charge < -0.3 is 10.1 Å². The van der Waals surface area contributed by atoms with Gasteiger partial charge in [0.25, 0.3) is 0 Å². The number of hydrogen-bond donors (Lipinski definition) is 1. The number of carbonyl (C=O) groups is 1. The zero-order chi connectivity index (χ0) is 24.1. The number of sulfonamides is 1. The number of piperidine rings is 1. The molecule has 34 heavy (non-hydrogen) atoms. The molecular weight excluding hydrogens is 495 g/mol. The maximum atomic E-state index is 13.0. The van der Waals surface area contributed by atoms with Crippen LogP contribution in [0.25, 0.3) is 10.8 Å². The largest absolute Gasteiger partial charge is 0.492 e. The summed E-state index contributed by atoms with van der Waals surface area (Å²) in [5.74, 6) is -0.0446. The van der Waals surface area contributed by atoms with E-state index < -0.39 is 15.9 Å². The van der Waals surface area contributed by atoms with Gasteiger partial charge in [-0.2, -0.15) is 0 Å². The van der Waals surface area contributed by atoms with Crippen molar-refractivity contribution < 1.29 is 17.9 Å². The van der Waals surface area contributed by atoms with Crippen LogP contribution in [-0.2, 0) is 20.6 Å². The highest BCUT2D eigenvalue weighted by Gasteiger charge is 2.32. The number of amides is 1. The molecule has 3 aromatic carbocycles. The number of nitrogens with zero attached hydrogens (tertiary/aromatic N) is 1. The zero-order valence-corrected chi connectivity index (χ0v) is 20.9. The minimum absolute atomic E-state index is 0.158. The van der Waals surface area contributed by atoms with E-state index in [9.17, 15) is 13.2 Å². The molecule has 4 rings (SSSR count). The fourth-order valence-corrected chi connectivity index (χ4v) is 6.28. The van der Waals surface area contributed by atoms with Gasteiger partial charge in [0.15, 0.2) is 0 Å². The van der Waals surface area contributed by atoms with Crippen molar-refractivity contribution in [3.05, 3.63) is 76.3 Å². The van der Waals surface area contributed by atoms with Crippen LogP contribution in [0, 0.1) is 5.92 Å². The summed E-state index contributed by atoms with van der Waals surface area (Å²) in [5.41, 5.74) is 0.489. The minimum atomic E-state index is -3.62. The van der Waals surface area contributed by atoms with E-state index in [0.717, 1.165) is 16.5 Å². The van der Waals surface area contributed by atoms with Crippen molar-refractivity contribution in [2.45, 2.75) is 18.6 Å². The molecule has 1 aliphatic heterocycles. The fourth-order valence-electron chi connectivity index (χ4n) is 4.08. The maximum absolute atomic E-state index is 13.0. The van der Waals surface area contributed by atoms with E-state index in [2.05, 4.69) is 5.32 Å². The van der Waals surface area contributed by atoms with Crippen LogP contribution in [0.3, 0.4) is 0 Å². The summed E-state index contributed by atoms with van der Waals surface area (Å²) in [7, 11) is -3.62. The van der Waals surface area contributed by atoms with Crippen LogP contribution in [0.15, 0.2) is 60.7 Å². The number of fused-ring (bicyclic) bond motifs is 1. The number of rotatable bonds is 8. The average molecular weight is 521 g/mol. The van der Waals surface area contributed by atoms with E-state index >= 15 is 0 Å². The van der Waals surface area contributed by atoms with Crippen molar-refractivity contribution in [3.63, 3.8) is 0 Å². The molecular formula is C25H26Cl2N2O4S. The molecule has 3 aromatic rings. The Kier molecular flexibility index (Phi) is 7.99. The van der Waals surface area contributed by atoms with Gasteiger partial charge in [-0.05, 0) is 53.4 Å². The first-order valence-electron chi connectivity index (χ1n) is 11.1. The van der Waals surface area contributed by atoms with Crippen molar-refractivity contribution in [3.8, 4) is 5.75 Å². The lowest BCUT2D eigenvalue weighted by atomic mass is 9.99. The Balaban J connectivity index is 1.27. The molecule has 1 N–H and O–H groups in total. The second-order valence-corrected chi connectivity index (χ2v) is 11.2. The highest BCUT2D eigenvalue weighted by molar-refractivity contribution is 7.88. The fraction of sp³-hybridized carbons (Fsp3) is 0.320. The van der Waals surface area contributed by atoms with Gasteiger partial charge >= 0.3 is 0 Å². The van der Waals surface area contributed by atoms with Crippen LogP contribution in [0.5, 0.6) is 5.75 Å². The van der Waals surface area contributed by atoms with Crippen LogP contribution in [0.4, 0.5) is 0 Å². The quantitative estimate of drug-likeness (QED) is 0.429. The van der Waals surface area contributed by atoms with Crippen molar-refractivity contribution in [1.29, 1.82) is 0 Å². The number of nitrogens with one attached hydrogen (secondary N) is 1. The van der Waals surface area contributed by atoms with E-state index in [1.807, 2.05) is 42.5 Å². The van der Waals surface area contributed by atoms with Crippen LogP contribution >= 0.6 is 23.2 Å². The Bertz CT molecular complexity index is 1280. The molecule has 1 fully saturated rings. The Morgan fingerprint density at radius 1 is 1.06 bits per heavy atom. The van der Waals surface area contributed by atoms with E-state index in [0.29, 0.717) is 48.1 Å². The van der Waals surface area contributed by atoms with Gasteiger partial charge in [0.1, 0.15) is 12.4 Å². The molecule has 1 aliphatic rings. The third-order valence-electron chi connectivity index (χ3n) is 5.89. The molecule has 1 atom stereocenters. The number of carbonyl (C=O) groups excluding carboxylic acids is 1. The Labute approximate surface area is 209 Å². The predicted molar refractivity (Wildman–Crippen MR) is 136 cm³/mol. The average Bonchev–Trinajstić information content (AvgIpc) is 2.83. The normalized spacial score (nSPS) is 16.9. The Morgan fingerprint density at radius 2 is 1.85 bits per heavy atom.